The molecule has 2 aliphatic carbocycles. The molecule has 5 nitrogen and oxygen atoms in total. The van der Waals surface area contributed by atoms with Crippen molar-refractivity contribution in [2.75, 3.05) is 13.1 Å². The minimum absolute atomic E-state index is 0.0473. The van der Waals surface area contributed by atoms with E-state index in [1.165, 1.54) is 30.3 Å². The zero-order chi connectivity index (χ0) is 18.1. The van der Waals surface area contributed by atoms with Crippen LogP contribution in [0.25, 0.3) is 11.0 Å². The van der Waals surface area contributed by atoms with Crippen LogP contribution in [0.1, 0.15) is 50.5 Å². The Labute approximate surface area is 154 Å². The number of rotatable bonds is 2. The number of fused-ring (bicyclic) bond motifs is 1. The minimum Gasteiger partial charge on any atom is -0.390 e. The number of carbonyl (C=O) groups excluding carboxylic acids is 1. The lowest BCUT2D eigenvalue weighted by Gasteiger charge is -2.52. The van der Waals surface area contributed by atoms with Gasteiger partial charge < -0.3 is 14.6 Å². The van der Waals surface area contributed by atoms with E-state index in [-0.39, 0.29) is 11.8 Å². The van der Waals surface area contributed by atoms with Crippen LogP contribution in [-0.4, -0.2) is 44.2 Å². The summed E-state index contributed by atoms with van der Waals surface area (Å²) in [7, 11) is 2.03. The number of nitrogens with zero attached hydrogens (tertiary/aromatic N) is 3. The van der Waals surface area contributed by atoms with Gasteiger partial charge in [-0.05, 0) is 62.6 Å². The Morgan fingerprint density at radius 1 is 1.27 bits per heavy atom. The summed E-state index contributed by atoms with van der Waals surface area (Å²) in [6, 6.07) is 6.69. The first-order valence-electron chi connectivity index (χ1n) is 9.76. The van der Waals surface area contributed by atoms with Gasteiger partial charge in [0.25, 0.3) is 0 Å². The Kier molecular flexibility index (Phi) is 3.34. The average molecular weight is 353 g/mol. The fraction of sp³-hybridized carbons (Fsp3) is 0.619. The zero-order valence-corrected chi connectivity index (χ0v) is 15.6. The molecule has 2 heterocycles. The maximum absolute atomic E-state index is 12.5. The molecule has 5 heteroatoms. The summed E-state index contributed by atoms with van der Waals surface area (Å²) in [5, 5.41) is 9.87. The van der Waals surface area contributed by atoms with Gasteiger partial charge in [0, 0.05) is 31.5 Å². The number of likely N-dealkylation sites (tertiary alicyclic amines) is 1. The van der Waals surface area contributed by atoms with Crippen molar-refractivity contribution in [2.45, 2.75) is 50.5 Å². The van der Waals surface area contributed by atoms with Gasteiger partial charge in [0.15, 0.2) is 0 Å². The van der Waals surface area contributed by atoms with Crippen molar-refractivity contribution in [2.24, 2.45) is 18.4 Å². The van der Waals surface area contributed by atoms with Crippen LogP contribution in [0.3, 0.4) is 0 Å². The molecular weight excluding hydrogens is 326 g/mol. The van der Waals surface area contributed by atoms with E-state index in [2.05, 4.69) is 27.8 Å². The van der Waals surface area contributed by atoms with E-state index in [4.69, 9.17) is 0 Å². The standard InChI is InChI=1S/C21H27N3O2/c1-20(26)8-16(9-20)19(25)24-11-21(12-24)6-5-15(10-21)14-3-4-18-17(7-14)22-13-23(18)2/h3-4,7,13,15-16,26H,5-6,8-12H2,1-2H3. The van der Waals surface area contributed by atoms with Gasteiger partial charge in [0.05, 0.1) is 23.0 Å². The van der Waals surface area contributed by atoms with Gasteiger partial charge in [0.1, 0.15) is 0 Å². The van der Waals surface area contributed by atoms with Crippen molar-refractivity contribution in [3.05, 3.63) is 30.1 Å². The van der Waals surface area contributed by atoms with Crippen molar-refractivity contribution < 1.29 is 9.90 Å². The van der Waals surface area contributed by atoms with E-state index < -0.39 is 5.60 Å². The molecule has 1 unspecified atom stereocenters. The molecule has 1 aromatic heterocycles. The molecular formula is C21H27N3O2. The highest BCUT2D eigenvalue weighted by atomic mass is 16.3. The van der Waals surface area contributed by atoms with Gasteiger partial charge in [-0.2, -0.15) is 0 Å². The second kappa shape index (κ2) is 5.32. The average Bonchev–Trinajstić information content (AvgIpc) is 3.15. The van der Waals surface area contributed by atoms with Crippen LogP contribution in [-0.2, 0) is 11.8 Å². The first kappa shape index (κ1) is 16.3. The lowest BCUT2D eigenvalue weighted by molar-refractivity contribution is -0.161. The third-order valence-electron chi connectivity index (χ3n) is 7.01. The summed E-state index contributed by atoms with van der Waals surface area (Å²) in [4.78, 5) is 19.1. The third kappa shape index (κ3) is 2.48. The largest absolute Gasteiger partial charge is 0.390 e. The van der Waals surface area contributed by atoms with Gasteiger partial charge in [0.2, 0.25) is 5.91 Å². The first-order chi connectivity index (χ1) is 12.3. The summed E-state index contributed by atoms with van der Waals surface area (Å²) < 4.78 is 2.06. The highest BCUT2D eigenvalue weighted by Gasteiger charge is 2.53. The van der Waals surface area contributed by atoms with Crippen LogP contribution in [0.15, 0.2) is 24.5 Å². The number of aromatic nitrogens is 2. The summed E-state index contributed by atoms with van der Waals surface area (Å²) >= 11 is 0. The molecule has 1 N–H and O–H groups in total. The Morgan fingerprint density at radius 2 is 2.04 bits per heavy atom. The maximum Gasteiger partial charge on any atom is 0.225 e. The topological polar surface area (TPSA) is 58.4 Å². The van der Waals surface area contributed by atoms with E-state index in [0.29, 0.717) is 24.2 Å². The molecule has 1 atom stereocenters. The van der Waals surface area contributed by atoms with E-state index in [0.717, 1.165) is 18.6 Å². The number of imidazole rings is 1. The fourth-order valence-electron chi connectivity index (χ4n) is 5.54. The van der Waals surface area contributed by atoms with Crippen LogP contribution >= 0.6 is 0 Å². The highest BCUT2D eigenvalue weighted by Crippen LogP contribution is 2.53. The van der Waals surface area contributed by atoms with Crippen molar-refractivity contribution in [1.82, 2.24) is 14.5 Å². The predicted molar refractivity (Wildman–Crippen MR) is 99.7 cm³/mol. The van der Waals surface area contributed by atoms with E-state index in [9.17, 15) is 9.90 Å². The number of hydrogen-bond acceptors (Lipinski definition) is 3. The molecule has 1 spiro atoms. The number of aliphatic hydroxyl groups is 1. The Balaban J connectivity index is 1.23. The van der Waals surface area contributed by atoms with E-state index in [1.807, 2.05) is 25.2 Å². The van der Waals surface area contributed by atoms with Gasteiger partial charge in [-0.1, -0.05) is 6.07 Å². The monoisotopic (exact) mass is 353 g/mol. The molecule has 3 fully saturated rings. The fourth-order valence-corrected chi connectivity index (χ4v) is 5.54. The number of amides is 1. The second-order valence-electron chi connectivity index (χ2n) is 9.34. The molecule has 1 saturated heterocycles. The first-order valence-corrected chi connectivity index (χ1v) is 9.76. The van der Waals surface area contributed by atoms with Gasteiger partial charge in [-0.25, -0.2) is 4.98 Å². The van der Waals surface area contributed by atoms with Crippen LogP contribution in [0.5, 0.6) is 0 Å². The molecule has 1 amide bonds. The molecule has 26 heavy (non-hydrogen) atoms. The lowest BCUT2D eigenvalue weighted by atomic mass is 9.69. The summed E-state index contributed by atoms with van der Waals surface area (Å²) in [6.07, 6.45) is 6.72. The van der Waals surface area contributed by atoms with E-state index >= 15 is 0 Å². The van der Waals surface area contributed by atoms with Crippen molar-refractivity contribution in [3.63, 3.8) is 0 Å². The molecule has 1 aromatic carbocycles. The smallest absolute Gasteiger partial charge is 0.225 e. The number of carbonyl (C=O) groups is 1. The Hall–Kier alpha value is -1.88. The van der Waals surface area contributed by atoms with Gasteiger partial charge in [-0.15, -0.1) is 0 Å². The highest BCUT2D eigenvalue weighted by molar-refractivity contribution is 5.81. The minimum atomic E-state index is -0.620. The molecule has 138 valence electrons. The molecule has 5 rings (SSSR count). The molecule has 0 bridgehead atoms. The van der Waals surface area contributed by atoms with Crippen molar-refractivity contribution in [1.29, 1.82) is 0 Å². The Bertz CT molecular complexity index is 871. The molecule has 0 radical (unpaired) electrons. The quantitative estimate of drug-likeness (QED) is 0.903. The van der Waals surface area contributed by atoms with Crippen LogP contribution < -0.4 is 0 Å². The van der Waals surface area contributed by atoms with Gasteiger partial charge >= 0.3 is 0 Å². The SMILES string of the molecule is Cn1cnc2cc(C3CCC4(C3)CN(C(=O)C3CC(C)(O)C3)C4)ccc21. The van der Waals surface area contributed by atoms with Gasteiger partial charge in [-0.3, -0.25) is 4.79 Å². The maximum atomic E-state index is 12.5. The van der Waals surface area contributed by atoms with Crippen LogP contribution in [0, 0.1) is 11.3 Å². The number of benzene rings is 1. The zero-order valence-electron chi connectivity index (χ0n) is 15.6. The summed E-state index contributed by atoms with van der Waals surface area (Å²) in [6.45, 7) is 3.65. The van der Waals surface area contributed by atoms with Crippen molar-refractivity contribution >= 4 is 16.9 Å². The summed E-state index contributed by atoms with van der Waals surface area (Å²) in [5.74, 6) is 0.898. The van der Waals surface area contributed by atoms with Crippen molar-refractivity contribution in [3.8, 4) is 0 Å². The number of hydrogen-bond donors (Lipinski definition) is 1. The predicted octanol–water partition coefficient (Wildman–Crippen LogP) is 2.83. The summed E-state index contributed by atoms with van der Waals surface area (Å²) in [5.41, 5.74) is 3.36. The second-order valence-corrected chi connectivity index (χ2v) is 9.34. The molecule has 1 aliphatic heterocycles. The van der Waals surface area contributed by atoms with Crippen LogP contribution in [0.2, 0.25) is 0 Å². The van der Waals surface area contributed by atoms with Crippen LogP contribution in [0.4, 0.5) is 0 Å². The van der Waals surface area contributed by atoms with E-state index in [1.54, 1.807) is 0 Å². The normalized spacial score (nSPS) is 32.7. The number of aryl methyl sites for hydroxylation is 1. The third-order valence-corrected chi connectivity index (χ3v) is 7.01. The lowest BCUT2D eigenvalue weighted by Crippen LogP contribution is -2.61. The molecule has 3 aliphatic rings. The molecule has 2 saturated carbocycles. The molecule has 2 aromatic rings. The Morgan fingerprint density at radius 3 is 2.77 bits per heavy atom.